The highest BCUT2D eigenvalue weighted by molar-refractivity contribution is 6.33. The zero-order valence-corrected chi connectivity index (χ0v) is 10.5. The molecule has 0 heterocycles. The van der Waals surface area contributed by atoms with E-state index in [1.54, 1.807) is 31.2 Å². The van der Waals surface area contributed by atoms with Crippen LogP contribution in [0, 0.1) is 0 Å². The van der Waals surface area contributed by atoms with Crippen molar-refractivity contribution in [1.82, 2.24) is 4.90 Å². The summed E-state index contributed by atoms with van der Waals surface area (Å²) in [7, 11) is 1.29. The average molecular weight is 256 g/mol. The van der Waals surface area contributed by atoms with E-state index in [9.17, 15) is 9.59 Å². The molecule has 1 aromatic rings. The van der Waals surface area contributed by atoms with Crippen LogP contribution in [0.15, 0.2) is 24.3 Å². The molecule has 0 aliphatic carbocycles. The molecular weight excluding hydrogens is 242 g/mol. The van der Waals surface area contributed by atoms with Crippen molar-refractivity contribution >= 4 is 23.5 Å². The maximum Gasteiger partial charge on any atom is 0.325 e. The molecule has 0 atom stereocenters. The molecule has 0 aliphatic heterocycles. The minimum Gasteiger partial charge on any atom is -0.468 e. The van der Waals surface area contributed by atoms with Gasteiger partial charge in [-0.15, -0.1) is 0 Å². The average Bonchev–Trinajstić information content (AvgIpc) is 2.35. The Labute approximate surface area is 105 Å². The van der Waals surface area contributed by atoms with Crippen LogP contribution in [0.1, 0.15) is 17.3 Å². The number of halogens is 1. The van der Waals surface area contributed by atoms with E-state index in [0.717, 1.165) is 0 Å². The summed E-state index contributed by atoms with van der Waals surface area (Å²) >= 11 is 5.93. The van der Waals surface area contributed by atoms with Crippen LogP contribution in [0.2, 0.25) is 5.02 Å². The fraction of sp³-hybridized carbons (Fsp3) is 0.333. The normalized spacial score (nSPS) is 9.82. The van der Waals surface area contributed by atoms with E-state index < -0.39 is 5.97 Å². The van der Waals surface area contributed by atoms with Gasteiger partial charge in [0.1, 0.15) is 6.54 Å². The van der Waals surface area contributed by atoms with E-state index >= 15 is 0 Å². The molecule has 5 heteroatoms. The first-order valence-corrected chi connectivity index (χ1v) is 5.58. The highest BCUT2D eigenvalue weighted by Gasteiger charge is 2.19. The van der Waals surface area contributed by atoms with Gasteiger partial charge in [-0.2, -0.15) is 0 Å². The topological polar surface area (TPSA) is 46.6 Å². The SMILES string of the molecule is CCN(CC(=O)OC)C(=O)c1ccccc1Cl. The Balaban J connectivity index is 2.87. The highest BCUT2D eigenvalue weighted by atomic mass is 35.5. The summed E-state index contributed by atoms with van der Waals surface area (Å²) in [6, 6.07) is 6.74. The van der Waals surface area contributed by atoms with Gasteiger partial charge in [0.15, 0.2) is 0 Å². The second-order valence-corrected chi connectivity index (χ2v) is 3.78. The summed E-state index contributed by atoms with van der Waals surface area (Å²) < 4.78 is 4.53. The van der Waals surface area contributed by atoms with Crippen LogP contribution in [0.3, 0.4) is 0 Å². The van der Waals surface area contributed by atoms with Crippen LogP contribution in [-0.4, -0.2) is 37.0 Å². The van der Waals surface area contributed by atoms with Crippen molar-refractivity contribution in [3.8, 4) is 0 Å². The number of likely N-dealkylation sites (N-methyl/N-ethyl adjacent to an activating group) is 1. The number of carbonyl (C=O) groups excluding carboxylic acids is 2. The molecule has 92 valence electrons. The van der Waals surface area contributed by atoms with Gasteiger partial charge in [0.2, 0.25) is 0 Å². The zero-order chi connectivity index (χ0) is 12.8. The van der Waals surface area contributed by atoms with E-state index in [1.807, 2.05) is 0 Å². The van der Waals surface area contributed by atoms with Gasteiger partial charge in [-0.05, 0) is 19.1 Å². The van der Waals surface area contributed by atoms with Gasteiger partial charge < -0.3 is 9.64 Å². The number of carbonyl (C=O) groups is 2. The molecule has 0 fully saturated rings. The lowest BCUT2D eigenvalue weighted by atomic mass is 10.2. The molecule has 0 unspecified atom stereocenters. The predicted molar refractivity (Wildman–Crippen MR) is 65.0 cm³/mol. The van der Waals surface area contributed by atoms with Crippen molar-refractivity contribution in [2.45, 2.75) is 6.92 Å². The number of benzene rings is 1. The second-order valence-electron chi connectivity index (χ2n) is 3.38. The number of hydrogen-bond acceptors (Lipinski definition) is 3. The summed E-state index contributed by atoms with van der Waals surface area (Å²) in [5.74, 6) is -0.726. The zero-order valence-electron chi connectivity index (χ0n) is 9.77. The van der Waals surface area contributed by atoms with Crippen molar-refractivity contribution in [3.63, 3.8) is 0 Å². The molecule has 0 bridgehead atoms. The quantitative estimate of drug-likeness (QED) is 0.773. The van der Waals surface area contributed by atoms with Gasteiger partial charge in [-0.1, -0.05) is 23.7 Å². The fourth-order valence-electron chi connectivity index (χ4n) is 1.35. The summed E-state index contributed by atoms with van der Waals surface area (Å²) in [4.78, 5) is 24.6. The minimum atomic E-state index is -0.452. The van der Waals surface area contributed by atoms with E-state index in [4.69, 9.17) is 11.6 Å². The molecular formula is C12H14ClNO3. The standard InChI is InChI=1S/C12H14ClNO3/c1-3-14(8-11(15)17-2)12(16)9-6-4-5-7-10(9)13/h4-7H,3,8H2,1-2H3. The summed E-state index contributed by atoms with van der Waals surface area (Å²) in [6.45, 7) is 2.13. The van der Waals surface area contributed by atoms with Crippen molar-refractivity contribution in [3.05, 3.63) is 34.9 Å². The number of rotatable bonds is 4. The van der Waals surface area contributed by atoms with Gasteiger partial charge in [-0.3, -0.25) is 9.59 Å². The van der Waals surface area contributed by atoms with Crippen molar-refractivity contribution in [2.24, 2.45) is 0 Å². The number of hydrogen-bond donors (Lipinski definition) is 0. The third-order valence-electron chi connectivity index (χ3n) is 2.32. The van der Waals surface area contributed by atoms with E-state index in [1.165, 1.54) is 12.0 Å². The Morgan fingerprint density at radius 1 is 1.35 bits per heavy atom. The van der Waals surface area contributed by atoms with Crippen LogP contribution < -0.4 is 0 Å². The predicted octanol–water partition coefficient (Wildman–Crippen LogP) is 1.98. The maximum absolute atomic E-state index is 12.1. The lowest BCUT2D eigenvalue weighted by Crippen LogP contribution is -2.36. The molecule has 17 heavy (non-hydrogen) atoms. The van der Waals surface area contributed by atoms with Crippen LogP contribution in [0.4, 0.5) is 0 Å². The van der Waals surface area contributed by atoms with E-state index in [-0.39, 0.29) is 12.5 Å². The molecule has 0 aliphatic rings. The first kappa shape index (κ1) is 13.5. The van der Waals surface area contributed by atoms with Crippen molar-refractivity contribution in [1.29, 1.82) is 0 Å². The Hall–Kier alpha value is -1.55. The molecule has 0 N–H and O–H groups in total. The highest BCUT2D eigenvalue weighted by Crippen LogP contribution is 2.16. The lowest BCUT2D eigenvalue weighted by Gasteiger charge is -2.19. The summed E-state index contributed by atoms with van der Waals surface area (Å²) in [5, 5.41) is 0.376. The number of nitrogens with zero attached hydrogens (tertiary/aromatic N) is 1. The van der Waals surface area contributed by atoms with Gasteiger partial charge >= 0.3 is 5.97 Å². The molecule has 0 saturated heterocycles. The van der Waals surface area contributed by atoms with Crippen molar-refractivity contribution < 1.29 is 14.3 Å². The fourth-order valence-corrected chi connectivity index (χ4v) is 1.57. The molecule has 4 nitrogen and oxygen atoms in total. The Kier molecular flexibility index (Phi) is 4.97. The summed E-state index contributed by atoms with van der Waals surface area (Å²) in [6.07, 6.45) is 0. The smallest absolute Gasteiger partial charge is 0.325 e. The number of amides is 1. The monoisotopic (exact) mass is 255 g/mol. The van der Waals surface area contributed by atoms with E-state index in [2.05, 4.69) is 4.74 Å². The van der Waals surface area contributed by atoms with Crippen LogP contribution in [0.5, 0.6) is 0 Å². The molecule has 1 amide bonds. The Morgan fingerprint density at radius 3 is 2.53 bits per heavy atom. The van der Waals surface area contributed by atoms with E-state index in [0.29, 0.717) is 17.1 Å². The van der Waals surface area contributed by atoms with Gasteiger partial charge in [0, 0.05) is 6.54 Å². The largest absolute Gasteiger partial charge is 0.468 e. The first-order valence-electron chi connectivity index (χ1n) is 5.20. The van der Waals surface area contributed by atoms with Gasteiger partial charge in [0.25, 0.3) is 5.91 Å². The molecule has 1 aromatic carbocycles. The first-order chi connectivity index (χ1) is 8.10. The van der Waals surface area contributed by atoms with Gasteiger partial charge in [-0.25, -0.2) is 0 Å². The van der Waals surface area contributed by atoms with Crippen LogP contribution >= 0.6 is 11.6 Å². The molecule has 0 aromatic heterocycles. The number of esters is 1. The van der Waals surface area contributed by atoms with Crippen molar-refractivity contribution in [2.75, 3.05) is 20.2 Å². The number of ether oxygens (including phenoxy) is 1. The Morgan fingerprint density at radius 2 is 2.00 bits per heavy atom. The van der Waals surface area contributed by atoms with Crippen LogP contribution in [-0.2, 0) is 9.53 Å². The Bertz CT molecular complexity index is 420. The van der Waals surface area contributed by atoms with Crippen LogP contribution in [0.25, 0.3) is 0 Å². The third-order valence-corrected chi connectivity index (χ3v) is 2.65. The van der Waals surface area contributed by atoms with Gasteiger partial charge in [0.05, 0.1) is 17.7 Å². The lowest BCUT2D eigenvalue weighted by molar-refractivity contribution is -0.141. The maximum atomic E-state index is 12.1. The molecule has 0 radical (unpaired) electrons. The molecule has 1 rings (SSSR count). The summed E-state index contributed by atoms with van der Waals surface area (Å²) in [5.41, 5.74) is 0.389. The minimum absolute atomic E-state index is 0.0724. The second kappa shape index (κ2) is 6.25. The molecule has 0 spiro atoms. The molecule has 0 saturated carbocycles. The third kappa shape index (κ3) is 3.46. The number of methoxy groups -OCH3 is 1.